The van der Waals surface area contributed by atoms with Crippen molar-refractivity contribution in [3.63, 3.8) is 0 Å². The number of carboxylic acids is 1. The number of hydrogen-bond donors (Lipinski definition) is 1. The van der Waals surface area contributed by atoms with Gasteiger partial charge in [0.05, 0.1) is 0 Å². The van der Waals surface area contributed by atoms with Crippen molar-refractivity contribution in [3.8, 4) is 0 Å². The Morgan fingerprint density at radius 3 is 2.24 bits per heavy atom. The first-order valence-corrected chi connectivity index (χ1v) is 6.26. The molecule has 0 amide bonds. The van der Waals surface area contributed by atoms with Crippen molar-refractivity contribution < 1.29 is 35.7 Å². The van der Waals surface area contributed by atoms with E-state index in [0.717, 1.165) is 6.42 Å². The maximum atomic E-state index is 12.0. The largest absolute Gasteiger partial charge is 0.523 e. The van der Waals surface area contributed by atoms with Crippen LogP contribution in [0, 0.1) is 5.92 Å². The molecule has 0 aromatic carbocycles. The molecule has 5 nitrogen and oxygen atoms in total. The monoisotopic (exact) mass is 276 g/mol. The van der Waals surface area contributed by atoms with Gasteiger partial charge >= 0.3 is 21.6 Å². The molecule has 1 rings (SSSR count). The van der Waals surface area contributed by atoms with Gasteiger partial charge in [0.1, 0.15) is 0 Å². The third kappa shape index (κ3) is 3.56. The van der Waals surface area contributed by atoms with Crippen LogP contribution in [-0.2, 0) is 19.1 Å². The third-order valence-corrected chi connectivity index (χ3v) is 3.63. The molecule has 1 fully saturated rings. The third-order valence-electron chi connectivity index (χ3n) is 2.57. The number of carbonyl (C=O) groups is 1. The molecule has 1 aliphatic carbocycles. The molecule has 0 radical (unpaired) electrons. The summed E-state index contributed by atoms with van der Waals surface area (Å²) in [6.45, 7) is 0. The van der Waals surface area contributed by atoms with E-state index in [4.69, 9.17) is 5.11 Å². The minimum Gasteiger partial charge on any atom is -0.479 e. The summed E-state index contributed by atoms with van der Waals surface area (Å²) in [6, 6.07) is 0. The van der Waals surface area contributed by atoms with Crippen LogP contribution in [0.1, 0.15) is 25.7 Å². The van der Waals surface area contributed by atoms with E-state index in [-0.39, 0.29) is 12.3 Å². The first-order chi connectivity index (χ1) is 7.63. The molecular formula is C8H11F3O5S. The quantitative estimate of drug-likeness (QED) is 0.608. The molecule has 0 aromatic heterocycles. The molecule has 17 heavy (non-hydrogen) atoms. The van der Waals surface area contributed by atoms with Crippen LogP contribution in [0.3, 0.4) is 0 Å². The Kier molecular flexibility index (Phi) is 4.03. The lowest BCUT2D eigenvalue weighted by molar-refractivity contribution is -0.147. The molecule has 1 saturated carbocycles. The van der Waals surface area contributed by atoms with Crippen molar-refractivity contribution >= 4 is 16.1 Å². The van der Waals surface area contributed by atoms with E-state index in [0.29, 0.717) is 12.8 Å². The zero-order valence-corrected chi connectivity index (χ0v) is 9.42. The Morgan fingerprint density at radius 2 is 1.94 bits per heavy atom. The summed E-state index contributed by atoms with van der Waals surface area (Å²) >= 11 is 0. The molecule has 0 saturated heterocycles. The fraction of sp³-hybridized carbons (Fsp3) is 0.875. The average Bonchev–Trinajstić information content (AvgIpc) is 2.06. The van der Waals surface area contributed by atoms with Crippen molar-refractivity contribution in [1.29, 1.82) is 0 Å². The van der Waals surface area contributed by atoms with Crippen molar-refractivity contribution in [2.45, 2.75) is 37.3 Å². The van der Waals surface area contributed by atoms with Gasteiger partial charge in [-0.15, -0.1) is 0 Å². The lowest BCUT2D eigenvalue weighted by atomic mass is 9.81. The number of hydrogen-bond acceptors (Lipinski definition) is 4. The molecule has 1 atom stereocenters. The molecule has 0 aliphatic heterocycles. The highest BCUT2D eigenvalue weighted by Gasteiger charge is 2.49. The van der Waals surface area contributed by atoms with Crippen LogP contribution < -0.4 is 0 Å². The summed E-state index contributed by atoms with van der Waals surface area (Å²) in [7, 11) is -5.85. The summed E-state index contributed by atoms with van der Waals surface area (Å²) in [5.74, 6) is -1.79. The van der Waals surface area contributed by atoms with Gasteiger partial charge in [0.15, 0.2) is 6.10 Å². The number of aliphatic carboxylic acids is 1. The van der Waals surface area contributed by atoms with Gasteiger partial charge in [-0.3, -0.25) is 0 Å². The molecule has 1 aliphatic rings. The van der Waals surface area contributed by atoms with Crippen LogP contribution in [0.15, 0.2) is 0 Å². The second-order valence-corrected chi connectivity index (χ2v) is 5.42. The second-order valence-electron chi connectivity index (χ2n) is 3.86. The molecule has 1 unspecified atom stereocenters. The van der Waals surface area contributed by atoms with Crippen LogP contribution in [-0.4, -0.2) is 31.1 Å². The molecule has 0 heterocycles. The van der Waals surface area contributed by atoms with E-state index in [1.165, 1.54) is 0 Å². The van der Waals surface area contributed by atoms with Gasteiger partial charge < -0.3 is 5.11 Å². The molecular weight excluding hydrogens is 265 g/mol. The molecule has 0 aromatic rings. The Bertz CT molecular complexity index is 384. The average molecular weight is 276 g/mol. The minimum atomic E-state index is -5.85. The van der Waals surface area contributed by atoms with Gasteiger partial charge in [0.25, 0.3) is 0 Å². The van der Waals surface area contributed by atoms with E-state index < -0.39 is 27.7 Å². The van der Waals surface area contributed by atoms with Crippen LogP contribution in [0.5, 0.6) is 0 Å². The van der Waals surface area contributed by atoms with Gasteiger partial charge in [0, 0.05) is 0 Å². The lowest BCUT2D eigenvalue weighted by Gasteiger charge is -2.27. The first-order valence-electron chi connectivity index (χ1n) is 4.86. The van der Waals surface area contributed by atoms with E-state index in [1.54, 1.807) is 0 Å². The van der Waals surface area contributed by atoms with Crippen molar-refractivity contribution in [2.75, 3.05) is 0 Å². The van der Waals surface area contributed by atoms with Crippen LogP contribution in [0.25, 0.3) is 0 Å². The number of rotatable bonds is 5. The minimum absolute atomic E-state index is 0.0838. The normalized spacial score (nSPS) is 19.7. The lowest BCUT2D eigenvalue weighted by Crippen LogP contribution is -2.36. The van der Waals surface area contributed by atoms with Gasteiger partial charge in [-0.2, -0.15) is 21.6 Å². The second kappa shape index (κ2) is 4.81. The predicted octanol–water partition coefficient (Wildman–Crippen LogP) is 1.50. The number of alkyl halides is 3. The highest BCUT2D eigenvalue weighted by molar-refractivity contribution is 7.87. The zero-order chi connectivity index (χ0) is 13.3. The summed E-state index contributed by atoms with van der Waals surface area (Å²) in [6.07, 6.45) is 0.0402. The van der Waals surface area contributed by atoms with Crippen molar-refractivity contribution in [2.24, 2.45) is 5.92 Å². The Morgan fingerprint density at radius 1 is 1.41 bits per heavy atom. The fourth-order valence-electron chi connectivity index (χ4n) is 1.42. The summed E-state index contributed by atoms with van der Waals surface area (Å²) in [4.78, 5) is 10.6. The maximum Gasteiger partial charge on any atom is 0.523 e. The molecule has 100 valence electrons. The Hall–Kier alpha value is -0.830. The first kappa shape index (κ1) is 14.2. The Labute approximate surface area is 95.7 Å². The topological polar surface area (TPSA) is 80.7 Å². The van der Waals surface area contributed by atoms with E-state index in [1.807, 2.05) is 0 Å². The zero-order valence-electron chi connectivity index (χ0n) is 8.61. The highest BCUT2D eigenvalue weighted by atomic mass is 32.2. The van der Waals surface area contributed by atoms with Gasteiger partial charge in [-0.05, 0) is 12.3 Å². The van der Waals surface area contributed by atoms with Gasteiger partial charge in [-0.25, -0.2) is 8.98 Å². The van der Waals surface area contributed by atoms with Crippen LogP contribution in [0.4, 0.5) is 13.2 Å². The SMILES string of the molecule is O=C(O)C(CC1CCC1)OS(=O)(=O)C(F)(F)F. The highest BCUT2D eigenvalue weighted by Crippen LogP contribution is 2.33. The fourth-order valence-corrected chi connectivity index (χ4v) is 2.00. The summed E-state index contributed by atoms with van der Waals surface area (Å²) in [5, 5.41) is 8.61. The summed E-state index contributed by atoms with van der Waals surface area (Å²) in [5.41, 5.74) is -5.60. The number of halogens is 3. The maximum absolute atomic E-state index is 12.0. The Balaban J connectivity index is 2.69. The number of carboxylic acid groups (broad SMARTS) is 1. The van der Waals surface area contributed by atoms with Crippen molar-refractivity contribution in [3.05, 3.63) is 0 Å². The molecule has 9 heteroatoms. The van der Waals surface area contributed by atoms with Crippen molar-refractivity contribution in [1.82, 2.24) is 0 Å². The van der Waals surface area contributed by atoms with Gasteiger partial charge in [-0.1, -0.05) is 19.3 Å². The standard InChI is InChI=1S/C8H11F3O5S/c9-8(10,11)17(14,15)16-6(7(12)13)4-5-2-1-3-5/h5-6H,1-4H2,(H,12,13). The van der Waals surface area contributed by atoms with E-state index >= 15 is 0 Å². The summed E-state index contributed by atoms with van der Waals surface area (Å²) < 4.78 is 61.0. The van der Waals surface area contributed by atoms with Crippen LogP contribution >= 0.6 is 0 Å². The van der Waals surface area contributed by atoms with E-state index in [9.17, 15) is 26.4 Å². The molecule has 0 spiro atoms. The molecule has 0 bridgehead atoms. The molecule has 1 N–H and O–H groups in total. The smallest absolute Gasteiger partial charge is 0.479 e. The predicted molar refractivity (Wildman–Crippen MR) is 49.4 cm³/mol. The van der Waals surface area contributed by atoms with Gasteiger partial charge in [0.2, 0.25) is 0 Å². The van der Waals surface area contributed by atoms with E-state index in [2.05, 4.69) is 4.18 Å². The van der Waals surface area contributed by atoms with Crippen LogP contribution in [0.2, 0.25) is 0 Å².